The van der Waals surface area contributed by atoms with Gasteiger partial charge < -0.3 is 15.0 Å². The Morgan fingerprint density at radius 2 is 1.95 bits per heavy atom. The number of rotatable bonds is 6. The second kappa shape index (κ2) is 6.89. The van der Waals surface area contributed by atoms with E-state index < -0.39 is 6.04 Å². The summed E-state index contributed by atoms with van der Waals surface area (Å²) in [7, 11) is 0. The largest absolute Gasteiger partial charge is 0.380 e. The SMILES string of the molecule is CCOCC(C(C)C)N1CC(=O)NC(C(C)C)C1=O. The molecular formula is C14H26N2O3. The molecule has 0 bridgehead atoms. The molecule has 1 fully saturated rings. The number of hydrogen-bond acceptors (Lipinski definition) is 3. The van der Waals surface area contributed by atoms with E-state index in [9.17, 15) is 9.59 Å². The van der Waals surface area contributed by atoms with E-state index in [1.807, 2.05) is 34.6 Å². The first-order valence-electron chi connectivity index (χ1n) is 7.06. The quantitative estimate of drug-likeness (QED) is 0.784. The van der Waals surface area contributed by atoms with Gasteiger partial charge in [-0.2, -0.15) is 0 Å². The smallest absolute Gasteiger partial charge is 0.246 e. The molecule has 0 spiro atoms. The molecule has 0 aromatic rings. The Morgan fingerprint density at radius 3 is 2.42 bits per heavy atom. The zero-order valence-electron chi connectivity index (χ0n) is 12.6. The monoisotopic (exact) mass is 270 g/mol. The van der Waals surface area contributed by atoms with E-state index in [-0.39, 0.29) is 36.2 Å². The lowest BCUT2D eigenvalue weighted by Crippen LogP contribution is -2.63. The molecule has 1 saturated heterocycles. The number of nitrogens with one attached hydrogen (secondary N) is 1. The topological polar surface area (TPSA) is 58.6 Å². The fourth-order valence-electron chi connectivity index (χ4n) is 2.31. The Bertz CT molecular complexity index is 329. The number of piperazine rings is 1. The van der Waals surface area contributed by atoms with E-state index in [0.29, 0.717) is 13.2 Å². The lowest BCUT2D eigenvalue weighted by Gasteiger charge is -2.40. The summed E-state index contributed by atoms with van der Waals surface area (Å²) >= 11 is 0. The van der Waals surface area contributed by atoms with Crippen LogP contribution < -0.4 is 5.32 Å². The molecule has 1 aliphatic rings. The summed E-state index contributed by atoms with van der Waals surface area (Å²) in [5.74, 6) is 0.279. The Morgan fingerprint density at radius 1 is 1.32 bits per heavy atom. The van der Waals surface area contributed by atoms with E-state index in [4.69, 9.17) is 4.74 Å². The van der Waals surface area contributed by atoms with Gasteiger partial charge in [-0.15, -0.1) is 0 Å². The van der Waals surface area contributed by atoms with Crippen molar-refractivity contribution in [2.75, 3.05) is 19.8 Å². The molecule has 5 nitrogen and oxygen atoms in total. The molecule has 1 aliphatic heterocycles. The van der Waals surface area contributed by atoms with Crippen molar-refractivity contribution in [3.63, 3.8) is 0 Å². The van der Waals surface area contributed by atoms with Crippen molar-refractivity contribution in [1.29, 1.82) is 0 Å². The lowest BCUT2D eigenvalue weighted by molar-refractivity contribution is -0.150. The van der Waals surface area contributed by atoms with Crippen molar-refractivity contribution in [3.8, 4) is 0 Å². The van der Waals surface area contributed by atoms with Crippen molar-refractivity contribution < 1.29 is 14.3 Å². The van der Waals surface area contributed by atoms with Crippen LogP contribution >= 0.6 is 0 Å². The molecule has 0 aliphatic carbocycles. The van der Waals surface area contributed by atoms with Crippen LogP contribution in [0.15, 0.2) is 0 Å². The third kappa shape index (κ3) is 3.93. The van der Waals surface area contributed by atoms with Crippen LogP contribution in [-0.4, -0.2) is 48.6 Å². The highest BCUT2D eigenvalue weighted by Gasteiger charge is 2.38. The molecule has 2 amide bonds. The molecule has 2 atom stereocenters. The molecule has 1 rings (SSSR count). The third-order valence-corrected chi connectivity index (χ3v) is 3.51. The Labute approximate surface area is 115 Å². The molecule has 0 saturated carbocycles. The Balaban J connectivity index is 2.87. The molecule has 5 heteroatoms. The molecule has 19 heavy (non-hydrogen) atoms. The van der Waals surface area contributed by atoms with Gasteiger partial charge >= 0.3 is 0 Å². The van der Waals surface area contributed by atoms with Crippen LogP contribution in [-0.2, 0) is 14.3 Å². The van der Waals surface area contributed by atoms with Crippen molar-refractivity contribution in [2.45, 2.75) is 46.7 Å². The third-order valence-electron chi connectivity index (χ3n) is 3.51. The molecule has 1 N–H and O–H groups in total. The maximum Gasteiger partial charge on any atom is 0.246 e. The van der Waals surface area contributed by atoms with E-state index >= 15 is 0 Å². The molecular weight excluding hydrogens is 244 g/mol. The molecule has 0 aromatic carbocycles. The maximum atomic E-state index is 12.5. The number of hydrogen-bond donors (Lipinski definition) is 1. The predicted octanol–water partition coefficient (Wildman–Crippen LogP) is 1.03. The highest BCUT2D eigenvalue weighted by atomic mass is 16.5. The first kappa shape index (κ1) is 16.0. The van der Waals surface area contributed by atoms with Gasteiger partial charge in [0.2, 0.25) is 11.8 Å². The average molecular weight is 270 g/mol. The summed E-state index contributed by atoms with van der Waals surface area (Å²) in [4.78, 5) is 26.0. The summed E-state index contributed by atoms with van der Waals surface area (Å²) in [6.07, 6.45) is 0. The van der Waals surface area contributed by atoms with Crippen LogP contribution in [0.2, 0.25) is 0 Å². The standard InChI is InChI=1S/C14H26N2O3/c1-6-19-8-11(9(2)3)16-7-12(17)15-13(10(4)5)14(16)18/h9-11,13H,6-8H2,1-5H3,(H,15,17). The van der Waals surface area contributed by atoms with Gasteiger partial charge in [0.05, 0.1) is 19.2 Å². The van der Waals surface area contributed by atoms with E-state index in [1.165, 1.54) is 0 Å². The average Bonchev–Trinajstić information content (AvgIpc) is 2.32. The summed E-state index contributed by atoms with van der Waals surface area (Å²) in [5, 5.41) is 2.77. The number of nitrogens with zero attached hydrogens (tertiary/aromatic N) is 1. The Kier molecular flexibility index (Phi) is 5.79. The highest BCUT2D eigenvalue weighted by molar-refractivity contribution is 5.95. The minimum atomic E-state index is -0.413. The van der Waals surface area contributed by atoms with Gasteiger partial charge in [0.1, 0.15) is 6.04 Å². The number of amides is 2. The zero-order valence-corrected chi connectivity index (χ0v) is 12.6. The van der Waals surface area contributed by atoms with Crippen molar-refractivity contribution >= 4 is 11.8 Å². The second-order valence-corrected chi connectivity index (χ2v) is 5.73. The van der Waals surface area contributed by atoms with Gasteiger partial charge in [-0.25, -0.2) is 0 Å². The van der Waals surface area contributed by atoms with Crippen LogP contribution in [0.3, 0.4) is 0 Å². The van der Waals surface area contributed by atoms with Gasteiger partial charge in [-0.1, -0.05) is 27.7 Å². The van der Waals surface area contributed by atoms with Gasteiger partial charge in [0.25, 0.3) is 0 Å². The Hall–Kier alpha value is -1.10. The summed E-state index contributed by atoms with van der Waals surface area (Å²) in [5.41, 5.74) is 0. The second-order valence-electron chi connectivity index (χ2n) is 5.73. The first-order valence-corrected chi connectivity index (χ1v) is 7.06. The van der Waals surface area contributed by atoms with E-state index in [1.54, 1.807) is 4.90 Å². The normalized spacial score (nSPS) is 22.1. The van der Waals surface area contributed by atoms with Crippen LogP contribution in [0.1, 0.15) is 34.6 Å². The van der Waals surface area contributed by atoms with Gasteiger partial charge in [-0.3, -0.25) is 9.59 Å². The molecule has 1 heterocycles. The van der Waals surface area contributed by atoms with Gasteiger partial charge in [-0.05, 0) is 18.8 Å². The fraction of sp³-hybridized carbons (Fsp3) is 0.857. The van der Waals surface area contributed by atoms with Crippen LogP contribution in [0.4, 0.5) is 0 Å². The molecule has 2 unspecified atom stereocenters. The predicted molar refractivity (Wildman–Crippen MR) is 73.6 cm³/mol. The summed E-state index contributed by atoms with van der Waals surface area (Å²) in [6, 6.07) is -0.455. The lowest BCUT2D eigenvalue weighted by atomic mass is 9.96. The number of ether oxygens (including phenoxy) is 1. The van der Waals surface area contributed by atoms with Crippen LogP contribution in [0.5, 0.6) is 0 Å². The molecule has 0 radical (unpaired) electrons. The highest BCUT2D eigenvalue weighted by Crippen LogP contribution is 2.18. The zero-order chi connectivity index (χ0) is 14.6. The van der Waals surface area contributed by atoms with Crippen LogP contribution in [0.25, 0.3) is 0 Å². The van der Waals surface area contributed by atoms with E-state index in [2.05, 4.69) is 5.32 Å². The van der Waals surface area contributed by atoms with Gasteiger partial charge in [0.15, 0.2) is 0 Å². The minimum Gasteiger partial charge on any atom is -0.380 e. The van der Waals surface area contributed by atoms with Crippen molar-refractivity contribution in [2.24, 2.45) is 11.8 Å². The van der Waals surface area contributed by atoms with Crippen molar-refractivity contribution in [3.05, 3.63) is 0 Å². The molecule has 0 aromatic heterocycles. The first-order chi connectivity index (χ1) is 8.88. The number of carbonyl (C=O) groups is 2. The molecule has 110 valence electrons. The fourth-order valence-corrected chi connectivity index (χ4v) is 2.31. The van der Waals surface area contributed by atoms with E-state index in [0.717, 1.165) is 0 Å². The van der Waals surface area contributed by atoms with Gasteiger partial charge in [0, 0.05) is 6.61 Å². The summed E-state index contributed by atoms with van der Waals surface area (Å²) < 4.78 is 5.46. The maximum absolute atomic E-state index is 12.5. The minimum absolute atomic E-state index is 0.00741. The number of carbonyl (C=O) groups excluding carboxylic acids is 2. The van der Waals surface area contributed by atoms with Crippen molar-refractivity contribution in [1.82, 2.24) is 10.2 Å². The summed E-state index contributed by atoms with van der Waals surface area (Å²) in [6.45, 7) is 11.2. The van der Waals surface area contributed by atoms with Crippen LogP contribution in [0, 0.1) is 11.8 Å².